The lowest BCUT2D eigenvalue weighted by Gasteiger charge is -2.32. The van der Waals surface area contributed by atoms with Gasteiger partial charge in [-0.05, 0) is 23.8 Å². The molecule has 0 amide bonds. The topological polar surface area (TPSA) is 69.0 Å². The molecule has 0 saturated carbocycles. The summed E-state index contributed by atoms with van der Waals surface area (Å²) in [7, 11) is 1.95. The molecular formula is C19H22N6O. The van der Waals surface area contributed by atoms with Crippen LogP contribution in [0.3, 0.4) is 0 Å². The smallest absolute Gasteiger partial charge is 0.100 e. The predicted molar refractivity (Wildman–Crippen MR) is 96.0 cm³/mol. The van der Waals surface area contributed by atoms with E-state index in [9.17, 15) is 0 Å². The molecule has 26 heavy (non-hydrogen) atoms. The summed E-state index contributed by atoms with van der Waals surface area (Å²) in [6.07, 6.45) is 5.51. The summed E-state index contributed by atoms with van der Waals surface area (Å²) in [6.45, 7) is 3.69. The van der Waals surface area contributed by atoms with Crippen LogP contribution in [0, 0.1) is 0 Å². The van der Waals surface area contributed by atoms with E-state index in [1.54, 1.807) is 12.4 Å². The van der Waals surface area contributed by atoms with Crippen LogP contribution in [-0.4, -0.2) is 43.0 Å². The van der Waals surface area contributed by atoms with Crippen LogP contribution in [0.2, 0.25) is 0 Å². The molecular weight excluding hydrogens is 328 g/mol. The molecule has 0 radical (unpaired) electrons. The summed E-state index contributed by atoms with van der Waals surface area (Å²) >= 11 is 0. The summed E-state index contributed by atoms with van der Waals surface area (Å²) in [5.41, 5.74) is 4.36. The molecule has 3 aromatic heterocycles. The minimum atomic E-state index is 0.235. The average Bonchev–Trinajstić information content (AvgIpc) is 3.04. The average molecular weight is 350 g/mol. The third kappa shape index (κ3) is 3.79. The molecule has 0 aromatic carbocycles. The van der Waals surface area contributed by atoms with E-state index >= 15 is 0 Å². The van der Waals surface area contributed by atoms with E-state index in [-0.39, 0.29) is 5.92 Å². The van der Waals surface area contributed by atoms with Crippen molar-refractivity contribution in [2.75, 3.05) is 13.2 Å². The van der Waals surface area contributed by atoms with Gasteiger partial charge in [-0.2, -0.15) is 0 Å². The van der Waals surface area contributed by atoms with E-state index in [4.69, 9.17) is 4.74 Å². The predicted octanol–water partition coefficient (Wildman–Crippen LogP) is 1.92. The second-order valence-corrected chi connectivity index (χ2v) is 6.61. The molecule has 0 bridgehead atoms. The van der Waals surface area contributed by atoms with Crippen molar-refractivity contribution >= 4 is 0 Å². The quantitative estimate of drug-likeness (QED) is 0.677. The van der Waals surface area contributed by atoms with Crippen LogP contribution >= 0.6 is 0 Å². The SMILES string of the molecule is Cn1nnc2c1C(COCc1ccccn1)CN(Cc1cccnc1)C2. The summed E-state index contributed by atoms with van der Waals surface area (Å²) in [5, 5.41) is 8.57. The highest BCUT2D eigenvalue weighted by Crippen LogP contribution is 2.28. The molecule has 134 valence electrons. The molecule has 4 heterocycles. The van der Waals surface area contributed by atoms with Gasteiger partial charge < -0.3 is 4.74 Å². The Kier molecular flexibility index (Phi) is 4.99. The van der Waals surface area contributed by atoms with Gasteiger partial charge in [-0.3, -0.25) is 19.5 Å². The van der Waals surface area contributed by atoms with Crippen LogP contribution in [0.4, 0.5) is 0 Å². The minimum absolute atomic E-state index is 0.235. The Hall–Kier alpha value is -2.64. The summed E-state index contributed by atoms with van der Waals surface area (Å²) in [5.74, 6) is 0.235. The Labute approximate surface area is 152 Å². The molecule has 1 unspecified atom stereocenters. The van der Waals surface area contributed by atoms with E-state index < -0.39 is 0 Å². The first-order valence-corrected chi connectivity index (χ1v) is 8.77. The molecule has 7 nitrogen and oxygen atoms in total. The Balaban J connectivity index is 1.44. The minimum Gasteiger partial charge on any atom is -0.374 e. The number of rotatable bonds is 6. The van der Waals surface area contributed by atoms with Crippen molar-refractivity contribution in [2.45, 2.75) is 25.6 Å². The van der Waals surface area contributed by atoms with Crippen molar-refractivity contribution in [1.29, 1.82) is 0 Å². The maximum atomic E-state index is 5.97. The Morgan fingerprint density at radius 1 is 1.19 bits per heavy atom. The van der Waals surface area contributed by atoms with Crippen molar-refractivity contribution < 1.29 is 4.74 Å². The van der Waals surface area contributed by atoms with Gasteiger partial charge in [-0.1, -0.05) is 17.3 Å². The molecule has 0 aliphatic carbocycles. The molecule has 7 heteroatoms. The Morgan fingerprint density at radius 2 is 2.15 bits per heavy atom. The number of hydrogen-bond acceptors (Lipinski definition) is 6. The summed E-state index contributed by atoms with van der Waals surface area (Å²) in [6, 6.07) is 9.94. The molecule has 4 rings (SSSR count). The number of fused-ring (bicyclic) bond motifs is 1. The number of aryl methyl sites for hydroxylation is 1. The molecule has 3 aromatic rings. The lowest BCUT2D eigenvalue weighted by atomic mass is 9.98. The maximum Gasteiger partial charge on any atom is 0.100 e. The van der Waals surface area contributed by atoms with E-state index in [1.807, 2.05) is 42.2 Å². The second kappa shape index (κ2) is 7.72. The zero-order valence-corrected chi connectivity index (χ0v) is 14.8. The molecule has 0 fully saturated rings. The molecule has 1 atom stereocenters. The van der Waals surface area contributed by atoms with Crippen molar-refractivity contribution in [3.05, 3.63) is 71.6 Å². The van der Waals surface area contributed by atoms with Crippen LogP contribution in [-0.2, 0) is 31.5 Å². The Bertz CT molecular complexity index is 836. The largest absolute Gasteiger partial charge is 0.374 e. The highest BCUT2D eigenvalue weighted by molar-refractivity contribution is 5.20. The van der Waals surface area contributed by atoms with Gasteiger partial charge in [-0.15, -0.1) is 5.10 Å². The van der Waals surface area contributed by atoms with Crippen molar-refractivity contribution in [3.63, 3.8) is 0 Å². The zero-order valence-electron chi connectivity index (χ0n) is 14.8. The van der Waals surface area contributed by atoms with Crippen LogP contribution in [0.25, 0.3) is 0 Å². The molecule has 0 spiro atoms. The van der Waals surface area contributed by atoms with Gasteiger partial charge in [-0.25, -0.2) is 0 Å². The number of pyridine rings is 2. The van der Waals surface area contributed by atoms with Gasteiger partial charge in [0.2, 0.25) is 0 Å². The van der Waals surface area contributed by atoms with Crippen molar-refractivity contribution in [3.8, 4) is 0 Å². The molecule has 0 N–H and O–H groups in total. The first kappa shape index (κ1) is 16.8. The first-order valence-electron chi connectivity index (χ1n) is 8.77. The Morgan fingerprint density at radius 3 is 2.96 bits per heavy atom. The number of hydrogen-bond donors (Lipinski definition) is 0. The van der Waals surface area contributed by atoms with Gasteiger partial charge in [0.05, 0.1) is 24.6 Å². The maximum absolute atomic E-state index is 5.97. The first-order chi connectivity index (χ1) is 12.8. The zero-order chi connectivity index (χ0) is 17.8. The van der Waals surface area contributed by atoms with Gasteiger partial charge in [0, 0.05) is 51.2 Å². The lowest BCUT2D eigenvalue weighted by Crippen LogP contribution is -2.36. The molecule has 1 aliphatic rings. The van der Waals surface area contributed by atoms with E-state index in [0.717, 1.165) is 31.0 Å². The summed E-state index contributed by atoms with van der Waals surface area (Å²) < 4.78 is 7.85. The fraction of sp³-hybridized carbons (Fsp3) is 0.368. The lowest BCUT2D eigenvalue weighted by molar-refractivity contribution is 0.0812. The van der Waals surface area contributed by atoms with Crippen molar-refractivity contribution in [2.24, 2.45) is 7.05 Å². The summed E-state index contributed by atoms with van der Waals surface area (Å²) in [4.78, 5) is 10.9. The standard InChI is InChI=1S/C19H22N6O/c1-24-19-16(13-26-14-17-6-2-3-8-21-17)11-25(12-18(19)22-23-24)10-15-5-4-7-20-9-15/h2-9,16H,10-14H2,1H3. The van der Waals surface area contributed by atoms with Crippen LogP contribution in [0.15, 0.2) is 48.9 Å². The molecule has 1 aliphatic heterocycles. The number of ether oxygens (including phenoxy) is 1. The third-order valence-corrected chi connectivity index (χ3v) is 4.61. The van der Waals surface area contributed by atoms with Crippen LogP contribution in [0.1, 0.15) is 28.6 Å². The fourth-order valence-corrected chi connectivity index (χ4v) is 3.49. The molecule has 0 saturated heterocycles. The fourth-order valence-electron chi connectivity index (χ4n) is 3.49. The third-order valence-electron chi connectivity index (χ3n) is 4.61. The second-order valence-electron chi connectivity index (χ2n) is 6.61. The van der Waals surface area contributed by atoms with Crippen LogP contribution < -0.4 is 0 Å². The van der Waals surface area contributed by atoms with E-state index in [1.165, 1.54) is 11.3 Å². The monoisotopic (exact) mass is 350 g/mol. The normalized spacial score (nSPS) is 17.2. The van der Waals surface area contributed by atoms with Gasteiger partial charge in [0.25, 0.3) is 0 Å². The van der Waals surface area contributed by atoms with Gasteiger partial charge in [0.1, 0.15) is 5.69 Å². The highest BCUT2D eigenvalue weighted by Gasteiger charge is 2.30. The number of aromatic nitrogens is 5. The number of nitrogens with zero attached hydrogens (tertiary/aromatic N) is 6. The highest BCUT2D eigenvalue weighted by atomic mass is 16.5. The van der Waals surface area contributed by atoms with Crippen molar-refractivity contribution in [1.82, 2.24) is 29.9 Å². The van der Waals surface area contributed by atoms with Gasteiger partial charge >= 0.3 is 0 Å². The van der Waals surface area contributed by atoms with Gasteiger partial charge in [0.15, 0.2) is 0 Å². The van der Waals surface area contributed by atoms with Crippen LogP contribution in [0.5, 0.6) is 0 Å². The van der Waals surface area contributed by atoms with E-state index in [0.29, 0.717) is 13.2 Å². The van der Waals surface area contributed by atoms with E-state index in [2.05, 4.69) is 31.2 Å².